The molecule has 0 spiro atoms. The van der Waals surface area contributed by atoms with Crippen LogP contribution >= 0.6 is 11.6 Å². The van der Waals surface area contributed by atoms with Crippen molar-refractivity contribution in [2.45, 2.75) is 13.3 Å². The Morgan fingerprint density at radius 3 is 3.00 bits per heavy atom. The highest BCUT2D eigenvalue weighted by Crippen LogP contribution is 2.12. The van der Waals surface area contributed by atoms with Crippen LogP contribution in [0.3, 0.4) is 0 Å². The summed E-state index contributed by atoms with van der Waals surface area (Å²) < 4.78 is 0. The first-order chi connectivity index (χ1) is 5.74. The van der Waals surface area contributed by atoms with Gasteiger partial charge in [-0.05, 0) is 24.5 Å². The smallest absolute Gasteiger partial charge is 0.131 e. The quantitative estimate of drug-likeness (QED) is 0.575. The molecule has 1 aromatic heterocycles. The molecular weight excluding hydrogens is 176 g/mol. The van der Waals surface area contributed by atoms with Crippen molar-refractivity contribution < 1.29 is 4.84 Å². The van der Waals surface area contributed by atoms with Crippen molar-refractivity contribution in [3.63, 3.8) is 0 Å². The molecule has 0 fully saturated rings. The van der Waals surface area contributed by atoms with E-state index in [0.29, 0.717) is 11.8 Å². The minimum absolute atomic E-state index is 0.503. The van der Waals surface area contributed by atoms with Crippen LogP contribution in [0.5, 0.6) is 0 Å². The van der Waals surface area contributed by atoms with Gasteiger partial charge in [0.25, 0.3) is 0 Å². The number of aromatic nitrogens is 1. The highest BCUT2D eigenvalue weighted by atomic mass is 35.5. The zero-order valence-corrected chi connectivity index (χ0v) is 7.64. The van der Waals surface area contributed by atoms with Crippen LogP contribution in [-0.4, -0.2) is 11.6 Å². The van der Waals surface area contributed by atoms with Gasteiger partial charge in [-0.15, -0.1) is 0 Å². The molecule has 0 aliphatic heterocycles. The first-order valence-corrected chi connectivity index (χ1v) is 4.04. The molecule has 0 amide bonds. The summed E-state index contributed by atoms with van der Waals surface area (Å²) in [6.07, 6.45) is 2.50. The largest absolute Gasteiger partial charge is 0.304 e. The number of nitrogens with two attached hydrogens (primary N) is 1. The predicted octanol–water partition coefficient (Wildman–Crippen LogP) is 1.48. The van der Waals surface area contributed by atoms with Crippen molar-refractivity contribution in [1.82, 2.24) is 4.98 Å². The molecule has 0 aromatic carbocycles. The average Bonchev–Trinajstić information content (AvgIpc) is 2.07. The van der Waals surface area contributed by atoms with E-state index in [1.54, 1.807) is 6.20 Å². The predicted molar refractivity (Wildman–Crippen MR) is 47.8 cm³/mol. The van der Waals surface area contributed by atoms with Crippen LogP contribution in [0.4, 0.5) is 0 Å². The van der Waals surface area contributed by atoms with E-state index < -0.39 is 0 Å². The first-order valence-electron chi connectivity index (χ1n) is 3.66. The Morgan fingerprint density at radius 1 is 1.67 bits per heavy atom. The molecule has 1 rings (SSSR count). The van der Waals surface area contributed by atoms with Gasteiger partial charge in [-0.2, -0.15) is 0 Å². The number of rotatable bonds is 3. The van der Waals surface area contributed by atoms with Gasteiger partial charge in [0.1, 0.15) is 5.15 Å². The van der Waals surface area contributed by atoms with Gasteiger partial charge < -0.3 is 4.84 Å². The zero-order chi connectivity index (χ0) is 8.97. The summed E-state index contributed by atoms with van der Waals surface area (Å²) in [5, 5.41) is 0.549. The maximum absolute atomic E-state index is 5.75. The van der Waals surface area contributed by atoms with Gasteiger partial charge in [0.05, 0.1) is 6.61 Å². The first kappa shape index (κ1) is 9.45. The summed E-state index contributed by atoms with van der Waals surface area (Å²) >= 11 is 5.75. The maximum Gasteiger partial charge on any atom is 0.131 e. The van der Waals surface area contributed by atoms with Gasteiger partial charge >= 0.3 is 0 Å². The van der Waals surface area contributed by atoms with E-state index in [-0.39, 0.29) is 0 Å². The second kappa shape index (κ2) is 4.40. The summed E-state index contributed by atoms with van der Waals surface area (Å²) in [5.74, 6) is 4.90. The minimum atomic E-state index is 0.503. The lowest BCUT2D eigenvalue weighted by atomic mass is 10.2. The maximum atomic E-state index is 5.75. The molecule has 0 radical (unpaired) electrons. The van der Waals surface area contributed by atoms with Crippen LogP contribution in [0, 0.1) is 6.92 Å². The van der Waals surface area contributed by atoms with Gasteiger partial charge in [0, 0.05) is 6.20 Å². The van der Waals surface area contributed by atoms with Crippen molar-refractivity contribution >= 4 is 11.6 Å². The summed E-state index contributed by atoms with van der Waals surface area (Å²) in [6.45, 7) is 2.42. The molecule has 0 saturated heterocycles. The molecule has 0 saturated carbocycles. The number of hydrogen-bond donors (Lipinski definition) is 1. The number of aryl methyl sites for hydroxylation is 1. The Balaban J connectivity index is 2.69. The van der Waals surface area contributed by atoms with Gasteiger partial charge in [0.15, 0.2) is 0 Å². The van der Waals surface area contributed by atoms with Crippen LogP contribution in [0.25, 0.3) is 0 Å². The number of halogens is 1. The highest BCUT2D eigenvalue weighted by molar-refractivity contribution is 6.30. The Kier molecular flexibility index (Phi) is 3.47. The van der Waals surface area contributed by atoms with Gasteiger partial charge in [-0.1, -0.05) is 17.7 Å². The Labute approximate surface area is 76.5 Å². The van der Waals surface area contributed by atoms with Gasteiger partial charge in [-0.25, -0.2) is 10.9 Å². The standard InChI is InChI=1S/C8H11ClN2O/c1-6-4-7(2-3-12-10)5-11-8(6)9/h4-5H,2-3,10H2,1H3. The molecule has 4 heteroatoms. The third-order valence-electron chi connectivity index (χ3n) is 1.58. The van der Waals surface area contributed by atoms with E-state index in [2.05, 4.69) is 9.82 Å². The monoisotopic (exact) mass is 186 g/mol. The Morgan fingerprint density at radius 2 is 2.42 bits per heavy atom. The molecule has 0 bridgehead atoms. The summed E-state index contributed by atoms with van der Waals surface area (Å²) in [7, 11) is 0. The molecule has 12 heavy (non-hydrogen) atoms. The van der Waals surface area contributed by atoms with Crippen LogP contribution < -0.4 is 5.90 Å². The fourth-order valence-electron chi connectivity index (χ4n) is 0.930. The Hall–Kier alpha value is -0.640. The van der Waals surface area contributed by atoms with Crippen LogP contribution in [0.15, 0.2) is 12.3 Å². The molecule has 0 atom stereocenters. The molecule has 3 nitrogen and oxygen atoms in total. The minimum Gasteiger partial charge on any atom is -0.304 e. The normalized spacial score (nSPS) is 10.2. The van der Waals surface area contributed by atoms with E-state index in [1.165, 1.54) is 0 Å². The van der Waals surface area contributed by atoms with Crippen LogP contribution in [0.2, 0.25) is 5.15 Å². The molecule has 0 aliphatic carbocycles. The topological polar surface area (TPSA) is 48.1 Å². The van der Waals surface area contributed by atoms with Crippen LogP contribution in [-0.2, 0) is 11.3 Å². The number of nitrogens with zero attached hydrogens (tertiary/aromatic N) is 1. The van der Waals surface area contributed by atoms with Crippen molar-refractivity contribution in [1.29, 1.82) is 0 Å². The van der Waals surface area contributed by atoms with Gasteiger partial charge in [0.2, 0.25) is 0 Å². The zero-order valence-electron chi connectivity index (χ0n) is 6.88. The molecule has 1 heterocycles. The van der Waals surface area contributed by atoms with E-state index in [1.807, 2.05) is 13.0 Å². The van der Waals surface area contributed by atoms with Crippen LogP contribution in [0.1, 0.15) is 11.1 Å². The molecule has 0 unspecified atom stereocenters. The number of pyridine rings is 1. The van der Waals surface area contributed by atoms with Crippen molar-refractivity contribution in [2.24, 2.45) is 5.90 Å². The van der Waals surface area contributed by atoms with Gasteiger partial charge in [-0.3, -0.25) is 0 Å². The average molecular weight is 187 g/mol. The summed E-state index contributed by atoms with van der Waals surface area (Å²) in [5.41, 5.74) is 2.06. The second-order valence-electron chi connectivity index (χ2n) is 2.57. The SMILES string of the molecule is Cc1cc(CCON)cnc1Cl. The van der Waals surface area contributed by atoms with Crippen molar-refractivity contribution in [3.8, 4) is 0 Å². The lowest BCUT2D eigenvalue weighted by Gasteiger charge is -2.01. The third-order valence-corrected chi connectivity index (χ3v) is 1.98. The van der Waals surface area contributed by atoms with E-state index in [0.717, 1.165) is 17.5 Å². The second-order valence-corrected chi connectivity index (χ2v) is 2.93. The molecule has 1 aromatic rings. The third kappa shape index (κ3) is 2.44. The molecule has 0 aliphatic rings. The molecule has 2 N–H and O–H groups in total. The lowest BCUT2D eigenvalue weighted by molar-refractivity contribution is 0.141. The van der Waals surface area contributed by atoms with Crippen molar-refractivity contribution in [3.05, 3.63) is 28.5 Å². The van der Waals surface area contributed by atoms with E-state index >= 15 is 0 Å². The van der Waals surface area contributed by atoms with E-state index in [4.69, 9.17) is 17.5 Å². The summed E-state index contributed by atoms with van der Waals surface area (Å²) in [6, 6.07) is 1.98. The Bertz CT molecular complexity index is 265. The van der Waals surface area contributed by atoms with Crippen molar-refractivity contribution in [2.75, 3.05) is 6.61 Å². The number of hydrogen-bond acceptors (Lipinski definition) is 3. The molecule has 66 valence electrons. The molecular formula is C8H11ClN2O. The highest BCUT2D eigenvalue weighted by Gasteiger charge is 1.98. The van der Waals surface area contributed by atoms with E-state index in [9.17, 15) is 0 Å². The fraction of sp³-hybridized carbons (Fsp3) is 0.375. The lowest BCUT2D eigenvalue weighted by Crippen LogP contribution is -2.04. The summed E-state index contributed by atoms with van der Waals surface area (Å²) in [4.78, 5) is 8.46. The fourth-order valence-corrected chi connectivity index (χ4v) is 1.03.